The Morgan fingerprint density at radius 2 is 1.49 bits per heavy atom. The van der Waals surface area contributed by atoms with Gasteiger partial charge in [0.15, 0.2) is 47.4 Å². The minimum Gasteiger partial charge on any atom is -0.507 e. The van der Waals surface area contributed by atoms with E-state index >= 15 is 0 Å². The number of hydrogen-bond donors (Lipinski definition) is 3. The van der Waals surface area contributed by atoms with Crippen molar-refractivity contribution in [1.29, 1.82) is 0 Å². The molecule has 2 unspecified atom stereocenters. The van der Waals surface area contributed by atoms with E-state index in [0.29, 0.717) is 22.4 Å². The minimum atomic E-state index is -1.59. The second-order valence-corrected chi connectivity index (χ2v) is 12.7. The molecule has 0 bridgehead atoms. The molecule has 262 valence electrons. The van der Waals surface area contributed by atoms with Crippen LogP contribution in [-0.4, -0.2) is 60.1 Å². The van der Waals surface area contributed by atoms with Crippen LogP contribution < -0.4 is 23.7 Å². The van der Waals surface area contributed by atoms with E-state index in [1.807, 2.05) is 36.4 Å². The van der Waals surface area contributed by atoms with Crippen LogP contribution in [0.2, 0.25) is 0 Å². The highest BCUT2D eigenvalue weighted by Crippen LogP contribution is 2.45. The van der Waals surface area contributed by atoms with Gasteiger partial charge in [0.2, 0.25) is 5.78 Å². The lowest BCUT2D eigenvalue weighted by atomic mass is 9.92. The van der Waals surface area contributed by atoms with Crippen LogP contribution in [0.4, 0.5) is 0 Å². The molecule has 5 aromatic carbocycles. The maximum absolute atomic E-state index is 13.4. The van der Waals surface area contributed by atoms with Crippen molar-refractivity contribution in [1.82, 2.24) is 0 Å². The summed E-state index contributed by atoms with van der Waals surface area (Å²) in [5.41, 5.74) is 2.40. The number of aromatic hydroxyl groups is 2. The third-order valence-corrected chi connectivity index (χ3v) is 9.29. The number of phenolic OH excluding ortho intramolecular Hbond substituents is 2. The number of rotatable bonds is 8. The summed E-state index contributed by atoms with van der Waals surface area (Å²) in [6.45, 7) is 3.37. The van der Waals surface area contributed by atoms with Crippen LogP contribution in [0, 0.1) is 6.92 Å². The van der Waals surface area contributed by atoms with Crippen LogP contribution in [0.1, 0.15) is 57.7 Å². The molecule has 0 spiro atoms. The average molecular weight is 693 g/mol. The van der Waals surface area contributed by atoms with Crippen LogP contribution in [0.5, 0.6) is 40.2 Å². The molecule has 0 saturated carbocycles. The van der Waals surface area contributed by atoms with Gasteiger partial charge >= 0.3 is 5.97 Å². The first-order valence-electron chi connectivity index (χ1n) is 16.4. The monoisotopic (exact) mass is 692 g/mol. The Bertz CT molecular complexity index is 2160. The molecule has 0 radical (unpaired) electrons. The number of ketones is 1. The van der Waals surface area contributed by atoms with Crippen molar-refractivity contribution < 1.29 is 53.3 Å². The lowest BCUT2D eigenvalue weighted by molar-refractivity contribution is -0.150. The number of methoxy groups -OCH3 is 2. The van der Waals surface area contributed by atoms with E-state index < -0.39 is 42.1 Å². The third-order valence-electron chi connectivity index (χ3n) is 9.29. The Morgan fingerprint density at radius 3 is 2.27 bits per heavy atom. The lowest BCUT2D eigenvalue weighted by Gasteiger charge is -2.35. The Labute approximate surface area is 293 Å². The number of carbonyl (C=O) groups excluding carboxylic acids is 2. The van der Waals surface area contributed by atoms with Crippen molar-refractivity contribution >= 4 is 22.5 Å². The molecule has 11 nitrogen and oxygen atoms in total. The van der Waals surface area contributed by atoms with Crippen LogP contribution >= 0.6 is 0 Å². The summed E-state index contributed by atoms with van der Waals surface area (Å²) in [6.07, 6.45) is -4.33. The molecule has 2 heterocycles. The van der Waals surface area contributed by atoms with Crippen molar-refractivity contribution in [3.05, 3.63) is 113 Å². The zero-order valence-electron chi connectivity index (χ0n) is 28.3. The fraction of sp³-hybridized carbons (Fsp3) is 0.250. The van der Waals surface area contributed by atoms with E-state index in [1.54, 1.807) is 57.4 Å². The van der Waals surface area contributed by atoms with Crippen LogP contribution in [0.25, 0.3) is 10.8 Å². The summed E-state index contributed by atoms with van der Waals surface area (Å²) in [5.74, 6) is -0.286. The molecule has 0 aromatic heterocycles. The molecule has 3 N–H and O–H groups in total. The maximum Gasteiger partial charge on any atom is 0.313 e. The second-order valence-electron chi connectivity index (χ2n) is 12.7. The number of carbonyl (C=O) groups is 2. The molecule has 5 aromatic rings. The molecule has 2 aliphatic rings. The standard InChI is InChI=1S/C40H36O11/c1-20-13-29(42)35-33(14-20)51-39(37(44)36(35)43)26-9-12-30-32(18-26)50-38(25-8-11-28(41)31(17-25)47-4)34(49-30)19-48-40(45)21(2)22-5-6-24-16-27(46-3)10-7-23(24)15-22/h5-18,21,34,37-39,41-42,44H,19H2,1-4H3/t21?,34-,37+,38-,39?/m0/s1. The fourth-order valence-corrected chi connectivity index (χ4v) is 6.48. The van der Waals surface area contributed by atoms with Gasteiger partial charge in [-0.05, 0) is 89.8 Å². The molecule has 2 aliphatic heterocycles. The summed E-state index contributed by atoms with van der Waals surface area (Å²) in [7, 11) is 3.04. The van der Waals surface area contributed by atoms with Gasteiger partial charge in [-0.3, -0.25) is 9.59 Å². The second kappa shape index (κ2) is 13.4. The summed E-state index contributed by atoms with van der Waals surface area (Å²) >= 11 is 0. The molecular weight excluding hydrogens is 656 g/mol. The number of aliphatic hydroxyl groups excluding tert-OH is 1. The average Bonchev–Trinajstić information content (AvgIpc) is 3.13. The molecule has 5 atom stereocenters. The molecular formula is C40H36O11. The first kappa shape index (κ1) is 33.6. The van der Waals surface area contributed by atoms with Crippen molar-refractivity contribution in [3.8, 4) is 40.2 Å². The summed E-state index contributed by atoms with van der Waals surface area (Å²) in [6, 6.07) is 24.2. The predicted octanol–water partition coefficient (Wildman–Crippen LogP) is 6.48. The van der Waals surface area contributed by atoms with Gasteiger partial charge in [-0.2, -0.15) is 0 Å². The van der Waals surface area contributed by atoms with Gasteiger partial charge in [0.25, 0.3) is 0 Å². The molecule has 0 amide bonds. The molecule has 51 heavy (non-hydrogen) atoms. The largest absolute Gasteiger partial charge is 0.507 e. The predicted molar refractivity (Wildman–Crippen MR) is 185 cm³/mol. The quantitative estimate of drug-likeness (QED) is 0.153. The molecule has 11 heteroatoms. The van der Waals surface area contributed by atoms with Crippen molar-refractivity contribution in [2.75, 3.05) is 20.8 Å². The number of ether oxygens (including phenoxy) is 6. The number of hydrogen-bond acceptors (Lipinski definition) is 11. The first-order chi connectivity index (χ1) is 24.5. The van der Waals surface area contributed by atoms with Crippen LogP contribution in [0.15, 0.2) is 84.9 Å². The summed E-state index contributed by atoms with van der Waals surface area (Å²) in [4.78, 5) is 26.5. The number of aliphatic hydroxyl groups is 1. The van der Waals surface area contributed by atoms with E-state index in [9.17, 15) is 24.9 Å². The minimum absolute atomic E-state index is 0.0686. The topological polar surface area (TPSA) is 150 Å². The van der Waals surface area contributed by atoms with Gasteiger partial charge in [-0.15, -0.1) is 0 Å². The zero-order valence-corrected chi connectivity index (χ0v) is 28.3. The summed E-state index contributed by atoms with van der Waals surface area (Å²) < 4.78 is 35.4. The SMILES string of the molecule is COc1ccc2cc(C(C)C(=O)OC[C@@H]3Oc4ccc(C5Oc6cc(C)cc(O)c6C(=O)[C@H]5O)cc4O[C@H]3c3ccc(O)c(OC)c3)ccc2c1. The van der Waals surface area contributed by atoms with E-state index in [-0.39, 0.29) is 40.9 Å². The van der Waals surface area contributed by atoms with Crippen LogP contribution in [0.3, 0.4) is 0 Å². The number of phenols is 2. The van der Waals surface area contributed by atoms with Gasteiger partial charge in [0, 0.05) is 5.56 Å². The van der Waals surface area contributed by atoms with E-state index in [4.69, 9.17) is 28.4 Å². The Hall–Kier alpha value is -5.94. The van der Waals surface area contributed by atoms with Gasteiger partial charge in [0.1, 0.15) is 29.4 Å². The van der Waals surface area contributed by atoms with E-state index in [0.717, 1.165) is 22.1 Å². The normalized spacial score (nSPS) is 19.8. The van der Waals surface area contributed by atoms with Gasteiger partial charge in [0.05, 0.1) is 20.1 Å². The van der Waals surface area contributed by atoms with Gasteiger partial charge in [-0.25, -0.2) is 0 Å². The highest BCUT2D eigenvalue weighted by Gasteiger charge is 2.41. The smallest absolute Gasteiger partial charge is 0.313 e. The number of fused-ring (bicyclic) bond motifs is 3. The van der Waals surface area contributed by atoms with E-state index in [1.165, 1.54) is 19.2 Å². The third kappa shape index (κ3) is 6.32. The van der Waals surface area contributed by atoms with Gasteiger partial charge < -0.3 is 43.7 Å². The highest BCUT2D eigenvalue weighted by atomic mass is 16.6. The zero-order chi connectivity index (χ0) is 36.0. The molecule has 7 rings (SSSR count). The molecule has 0 fully saturated rings. The van der Waals surface area contributed by atoms with Crippen molar-refractivity contribution in [2.24, 2.45) is 0 Å². The van der Waals surface area contributed by atoms with Gasteiger partial charge in [-0.1, -0.05) is 36.4 Å². The number of benzene rings is 5. The lowest BCUT2D eigenvalue weighted by Crippen LogP contribution is -2.38. The molecule has 0 aliphatic carbocycles. The highest BCUT2D eigenvalue weighted by molar-refractivity contribution is 6.05. The maximum atomic E-state index is 13.4. The first-order valence-corrected chi connectivity index (χ1v) is 16.4. The van der Waals surface area contributed by atoms with Crippen LogP contribution in [-0.2, 0) is 9.53 Å². The van der Waals surface area contributed by atoms with Crippen molar-refractivity contribution in [3.63, 3.8) is 0 Å². The Kier molecular flexibility index (Phi) is 8.82. The molecule has 0 saturated heterocycles. The number of aryl methyl sites for hydroxylation is 1. The Balaban J connectivity index is 1.15. The number of Topliss-reactive ketones (excluding diaryl/α,β-unsaturated/α-hetero) is 1. The number of esters is 1. The van der Waals surface area contributed by atoms with E-state index in [2.05, 4.69) is 0 Å². The Morgan fingerprint density at radius 1 is 0.765 bits per heavy atom. The van der Waals surface area contributed by atoms with Crippen molar-refractivity contribution in [2.45, 2.75) is 44.2 Å². The summed E-state index contributed by atoms with van der Waals surface area (Å²) in [5, 5.41) is 33.5. The fourth-order valence-electron chi connectivity index (χ4n) is 6.48.